The molecule has 0 rings (SSSR count). The van der Waals surface area contributed by atoms with E-state index >= 15 is 0 Å². The number of nitrogens with zero attached hydrogens (tertiary/aromatic N) is 1. The van der Waals surface area contributed by atoms with Gasteiger partial charge in [0.2, 0.25) is 0 Å². The van der Waals surface area contributed by atoms with Crippen LogP contribution in [0.3, 0.4) is 0 Å². The van der Waals surface area contributed by atoms with Crippen LogP contribution in [0.1, 0.15) is 33.6 Å². The number of carbonyl (C=O) groups excluding carboxylic acids is 1. The first-order valence-corrected chi connectivity index (χ1v) is 7.37. The molecule has 0 fully saturated rings. The van der Waals surface area contributed by atoms with Gasteiger partial charge in [-0.15, -0.1) is 0 Å². The molecule has 0 aliphatic rings. The van der Waals surface area contributed by atoms with Crippen LogP contribution >= 0.6 is 0 Å². The Morgan fingerprint density at radius 3 is 2.59 bits per heavy atom. The summed E-state index contributed by atoms with van der Waals surface area (Å²) in [6, 6.07) is 0.766. The Balaban J connectivity index is 4.44. The van der Waals surface area contributed by atoms with Crippen molar-refractivity contribution in [3.63, 3.8) is 0 Å². The van der Waals surface area contributed by atoms with Gasteiger partial charge in [0.25, 0.3) is 5.91 Å². The highest BCUT2D eigenvalue weighted by Crippen LogP contribution is 2.06. The zero-order valence-corrected chi connectivity index (χ0v) is 13.4. The lowest BCUT2D eigenvalue weighted by Gasteiger charge is -2.16. The normalized spacial score (nSPS) is 12.6. The van der Waals surface area contributed by atoms with Crippen molar-refractivity contribution in [3.8, 4) is 6.07 Å². The van der Waals surface area contributed by atoms with Crippen molar-refractivity contribution >= 4 is 11.9 Å². The van der Waals surface area contributed by atoms with E-state index in [-0.39, 0.29) is 11.5 Å². The van der Waals surface area contributed by atoms with Crippen LogP contribution in [0.2, 0.25) is 0 Å². The molecule has 22 heavy (non-hydrogen) atoms. The summed E-state index contributed by atoms with van der Waals surface area (Å²) in [4.78, 5) is 23.0. The van der Waals surface area contributed by atoms with E-state index in [9.17, 15) is 9.59 Å². The zero-order valence-electron chi connectivity index (χ0n) is 13.4. The quantitative estimate of drug-likeness (QED) is 0.298. The average Bonchev–Trinajstić information content (AvgIpc) is 2.45. The highest BCUT2D eigenvalue weighted by Gasteiger charge is 2.22. The number of carboxylic acid groups (broad SMARTS) is 1. The molecule has 0 bridgehead atoms. The minimum absolute atomic E-state index is 0.118. The van der Waals surface area contributed by atoms with Crippen LogP contribution in [0, 0.1) is 17.2 Å². The van der Waals surface area contributed by atoms with E-state index in [0.717, 1.165) is 6.42 Å². The number of nitriles is 1. The molecule has 0 aromatic heterocycles. The zero-order chi connectivity index (χ0) is 17.0. The fourth-order valence-electron chi connectivity index (χ4n) is 1.67. The van der Waals surface area contributed by atoms with Crippen molar-refractivity contribution in [3.05, 3.63) is 11.8 Å². The van der Waals surface area contributed by atoms with Gasteiger partial charge in [-0.05, 0) is 25.7 Å². The van der Waals surface area contributed by atoms with Gasteiger partial charge in [0.15, 0.2) is 0 Å². The van der Waals surface area contributed by atoms with Crippen molar-refractivity contribution in [2.75, 3.05) is 19.8 Å². The molecule has 0 saturated heterocycles. The molecule has 1 unspecified atom stereocenters. The van der Waals surface area contributed by atoms with Gasteiger partial charge >= 0.3 is 5.97 Å². The minimum Gasteiger partial charge on any atom is -0.480 e. The molecule has 0 radical (unpaired) electrons. The Hall–Kier alpha value is -2.07. The van der Waals surface area contributed by atoms with Gasteiger partial charge in [0.05, 0.1) is 0 Å². The third kappa shape index (κ3) is 8.97. The van der Waals surface area contributed by atoms with E-state index in [1.54, 1.807) is 6.07 Å². The molecular weight excluding hydrogens is 286 g/mol. The summed E-state index contributed by atoms with van der Waals surface area (Å²) >= 11 is 0. The Kier molecular flexibility index (Phi) is 10.5. The van der Waals surface area contributed by atoms with E-state index in [2.05, 4.69) is 10.6 Å². The van der Waals surface area contributed by atoms with E-state index < -0.39 is 17.9 Å². The molecule has 1 atom stereocenters. The van der Waals surface area contributed by atoms with Crippen molar-refractivity contribution in [1.29, 1.82) is 5.26 Å². The molecule has 0 aliphatic heterocycles. The first-order valence-electron chi connectivity index (χ1n) is 7.37. The summed E-state index contributed by atoms with van der Waals surface area (Å²) in [6.07, 6.45) is 2.35. The highest BCUT2D eigenvalue weighted by molar-refractivity contribution is 5.99. The minimum atomic E-state index is -1.11. The van der Waals surface area contributed by atoms with E-state index in [1.165, 1.54) is 6.20 Å². The molecule has 0 spiro atoms. The molecule has 124 valence electrons. The third-order valence-electron chi connectivity index (χ3n) is 2.74. The Labute approximate surface area is 131 Å². The van der Waals surface area contributed by atoms with Crippen molar-refractivity contribution in [2.45, 2.75) is 39.7 Å². The second-order valence-electron chi connectivity index (χ2n) is 5.17. The number of amides is 1. The van der Waals surface area contributed by atoms with Gasteiger partial charge in [0, 0.05) is 26.0 Å². The molecule has 3 N–H and O–H groups in total. The largest absolute Gasteiger partial charge is 0.480 e. The molecule has 0 heterocycles. The summed E-state index contributed by atoms with van der Waals surface area (Å²) in [5, 5.41) is 23.3. The van der Waals surface area contributed by atoms with E-state index in [4.69, 9.17) is 15.1 Å². The van der Waals surface area contributed by atoms with Crippen LogP contribution in [0.5, 0.6) is 0 Å². The fourth-order valence-corrected chi connectivity index (χ4v) is 1.67. The molecule has 7 heteroatoms. The van der Waals surface area contributed by atoms with E-state index in [0.29, 0.717) is 26.2 Å². The van der Waals surface area contributed by atoms with Crippen molar-refractivity contribution < 1.29 is 19.4 Å². The summed E-state index contributed by atoms with van der Waals surface area (Å²) in [7, 11) is 0. The second-order valence-corrected chi connectivity index (χ2v) is 5.17. The van der Waals surface area contributed by atoms with Gasteiger partial charge in [0.1, 0.15) is 17.7 Å². The van der Waals surface area contributed by atoms with Crippen LogP contribution < -0.4 is 10.6 Å². The average molecular weight is 311 g/mol. The SMILES string of the molecule is CCOCCCN/C=C(/C#N)C(=O)NC(CC(C)C)C(=O)O. The summed E-state index contributed by atoms with van der Waals surface area (Å²) in [6.45, 7) is 7.44. The lowest BCUT2D eigenvalue weighted by Crippen LogP contribution is -2.42. The number of aliphatic carboxylic acids is 1. The molecule has 0 aromatic carbocycles. The standard InChI is InChI=1S/C15H25N3O4/c1-4-22-7-5-6-17-10-12(9-16)14(19)18-13(15(20)21)8-11(2)3/h10-11,13,17H,4-8H2,1-3H3,(H,18,19)(H,20,21)/b12-10-. The highest BCUT2D eigenvalue weighted by atomic mass is 16.5. The molecule has 0 aliphatic carbocycles. The van der Waals surface area contributed by atoms with Gasteiger partial charge < -0.3 is 20.5 Å². The van der Waals surface area contributed by atoms with Gasteiger partial charge in [-0.3, -0.25) is 4.79 Å². The predicted molar refractivity (Wildman–Crippen MR) is 81.8 cm³/mol. The van der Waals surface area contributed by atoms with Crippen LogP contribution in [-0.2, 0) is 14.3 Å². The van der Waals surface area contributed by atoms with Crippen LogP contribution in [0.15, 0.2) is 11.8 Å². The first-order chi connectivity index (χ1) is 10.4. The predicted octanol–water partition coefficient (Wildman–Crippen LogP) is 1.03. The Morgan fingerprint density at radius 2 is 2.09 bits per heavy atom. The van der Waals surface area contributed by atoms with Crippen molar-refractivity contribution in [2.24, 2.45) is 5.92 Å². The van der Waals surface area contributed by atoms with Crippen LogP contribution in [0.25, 0.3) is 0 Å². The van der Waals surface area contributed by atoms with Crippen LogP contribution in [0.4, 0.5) is 0 Å². The fraction of sp³-hybridized carbons (Fsp3) is 0.667. The van der Waals surface area contributed by atoms with E-state index in [1.807, 2.05) is 20.8 Å². The lowest BCUT2D eigenvalue weighted by atomic mass is 10.0. The number of nitrogens with one attached hydrogen (secondary N) is 2. The number of hydrogen-bond donors (Lipinski definition) is 3. The number of rotatable bonds is 11. The van der Waals surface area contributed by atoms with Gasteiger partial charge in [-0.2, -0.15) is 5.26 Å². The molecular formula is C15H25N3O4. The Bertz CT molecular complexity index is 427. The molecule has 0 saturated carbocycles. The summed E-state index contributed by atoms with van der Waals surface area (Å²) in [5.41, 5.74) is -0.147. The number of hydrogen-bond acceptors (Lipinski definition) is 5. The summed E-state index contributed by atoms with van der Waals surface area (Å²) in [5.74, 6) is -1.68. The molecule has 7 nitrogen and oxygen atoms in total. The maximum atomic E-state index is 11.9. The molecule has 0 aromatic rings. The number of carbonyl (C=O) groups is 2. The maximum absolute atomic E-state index is 11.9. The second kappa shape index (κ2) is 11.6. The lowest BCUT2D eigenvalue weighted by molar-refractivity contribution is -0.141. The monoisotopic (exact) mass is 311 g/mol. The maximum Gasteiger partial charge on any atom is 0.326 e. The van der Waals surface area contributed by atoms with Crippen LogP contribution in [-0.4, -0.2) is 42.8 Å². The number of carboxylic acids is 1. The first kappa shape index (κ1) is 19.9. The number of ether oxygens (including phenoxy) is 1. The molecule has 1 amide bonds. The third-order valence-corrected chi connectivity index (χ3v) is 2.74. The van der Waals surface area contributed by atoms with Gasteiger partial charge in [-0.1, -0.05) is 13.8 Å². The van der Waals surface area contributed by atoms with Crippen molar-refractivity contribution in [1.82, 2.24) is 10.6 Å². The topological polar surface area (TPSA) is 111 Å². The Morgan fingerprint density at radius 1 is 1.41 bits per heavy atom. The smallest absolute Gasteiger partial charge is 0.326 e. The van der Waals surface area contributed by atoms with Gasteiger partial charge in [-0.25, -0.2) is 4.79 Å². The summed E-state index contributed by atoms with van der Waals surface area (Å²) < 4.78 is 5.16.